The van der Waals surface area contributed by atoms with Crippen LogP contribution in [0.15, 0.2) is 53.6 Å². The lowest BCUT2D eigenvalue weighted by molar-refractivity contribution is 0.355. The summed E-state index contributed by atoms with van der Waals surface area (Å²) in [5.74, 6) is 0.684. The van der Waals surface area contributed by atoms with Gasteiger partial charge >= 0.3 is 0 Å². The van der Waals surface area contributed by atoms with Gasteiger partial charge in [-0.2, -0.15) is 0 Å². The third-order valence-electron chi connectivity index (χ3n) is 4.53. The van der Waals surface area contributed by atoms with E-state index >= 15 is 0 Å². The molecule has 1 N–H and O–H groups in total. The van der Waals surface area contributed by atoms with Crippen molar-refractivity contribution in [2.75, 3.05) is 18.9 Å². The molecule has 0 spiro atoms. The second-order valence-electron chi connectivity index (χ2n) is 6.57. The van der Waals surface area contributed by atoms with E-state index in [1.165, 1.54) is 38.6 Å². The Bertz CT molecular complexity index is 1460. The second-order valence-corrected chi connectivity index (χ2v) is 10.5. The van der Waals surface area contributed by atoms with Crippen molar-refractivity contribution < 1.29 is 27.0 Å². The van der Waals surface area contributed by atoms with Gasteiger partial charge in [-0.15, -0.1) is 11.3 Å². The monoisotopic (exact) mass is 528 g/mol. The largest absolute Gasteiger partial charge is 0.493 e. The van der Waals surface area contributed by atoms with Crippen LogP contribution in [0.25, 0.3) is 10.9 Å². The SMILES string of the molecule is COc1cc2nccc(Oc3ccc(NS(=O)(=O)c4cc(Cl)sc4Cl)c(F)c3)c2cc1OC. The van der Waals surface area contributed by atoms with Crippen LogP contribution in [0, 0.1) is 5.82 Å². The molecule has 0 atom stereocenters. The van der Waals surface area contributed by atoms with Crippen LogP contribution in [0.4, 0.5) is 10.1 Å². The molecule has 0 bridgehead atoms. The summed E-state index contributed by atoms with van der Waals surface area (Å²) in [6.45, 7) is 0. The Morgan fingerprint density at radius 3 is 2.36 bits per heavy atom. The predicted molar refractivity (Wildman–Crippen MR) is 126 cm³/mol. The fourth-order valence-corrected chi connectivity index (χ4v) is 6.23. The zero-order valence-electron chi connectivity index (χ0n) is 17.1. The maximum atomic E-state index is 14.7. The van der Waals surface area contributed by atoms with Crippen LogP contribution < -0.4 is 18.9 Å². The van der Waals surface area contributed by atoms with Gasteiger partial charge < -0.3 is 14.2 Å². The van der Waals surface area contributed by atoms with Crippen molar-refractivity contribution in [1.29, 1.82) is 0 Å². The normalized spacial score (nSPS) is 11.4. The van der Waals surface area contributed by atoms with Gasteiger partial charge in [0.25, 0.3) is 10.0 Å². The van der Waals surface area contributed by atoms with Crippen LogP contribution in [0.3, 0.4) is 0 Å². The Kier molecular flexibility index (Phi) is 6.53. The van der Waals surface area contributed by atoms with Gasteiger partial charge in [-0.25, -0.2) is 12.8 Å². The number of ether oxygens (including phenoxy) is 3. The number of fused-ring (bicyclic) bond motifs is 1. The number of nitrogens with one attached hydrogen (secondary N) is 1. The summed E-state index contributed by atoms with van der Waals surface area (Å²) >= 11 is 12.6. The molecule has 0 amide bonds. The minimum atomic E-state index is -4.13. The third kappa shape index (κ3) is 4.79. The highest BCUT2D eigenvalue weighted by molar-refractivity contribution is 7.93. The molecule has 0 aliphatic rings. The Labute approximate surface area is 202 Å². The third-order valence-corrected chi connectivity index (χ3v) is 7.65. The number of pyridine rings is 1. The predicted octanol–water partition coefficient (Wildman–Crippen LogP) is 6.35. The van der Waals surface area contributed by atoms with E-state index in [9.17, 15) is 12.8 Å². The molecule has 172 valence electrons. The summed E-state index contributed by atoms with van der Waals surface area (Å²) in [5.41, 5.74) is 0.313. The highest BCUT2D eigenvalue weighted by Crippen LogP contribution is 2.38. The number of anilines is 1. The molecular weight excluding hydrogens is 514 g/mol. The van der Waals surface area contributed by atoms with Crippen molar-refractivity contribution in [2.24, 2.45) is 0 Å². The summed E-state index contributed by atoms with van der Waals surface area (Å²) in [4.78, 5) is 4.06. The lowest BCUT2D eigenvalue weighted by atomic mass is 10.2. The highest BCUT2D eigenvalue weighted by atomic mass is 35.5. The number of sulfonamides is 1. The molecule has 12 heteroatoms. The smallest absolute Gasteiger partial charge is 0.264 e. The number of benzene rings is 2. The van der Waals surface area contributed by atoms with Crippen LogP contribution in [0.5, 0.6) is 23.0 Å². The van der Waals surface area contributed by atoms with Crippen molar-refractivity contribution in [1.82, 2.24) is 4.98 Å². The number of hydrogen-bond acceptors (Lipinski definition) is 7. The summed E-state index contributed by atoms with van der Waals surface area (Å²) in [6.07, 6.45) is 1.54. The number of halogens is 3. The fraction of sp³-hybridized carbons (Fsp3) is 0.0952. The van der Waals surface area contributed by atoms with E-state index < -0.39 is 15.8 Å². The lowest BCUT2D eigenvalue weighted by Gasteiger charge is -2.13. The summed E-state index contributed by atoms with van der Waals surface area (Å²) in [6, 6.07) is 9.95. The molecule has 2 aromatic heterocycles. The van der Waals surface area contributed by atoms with Crippen molar-refractivity contribution >= 4 is 61.2 Å². The summed E-state index contributed by atoms with van der Waals surface area (Å²) < 4.78 is 58.6. The summed E-state index contributed by atoms with van der Waals surface area (Å²) in [5, 5.41) is 0.615. The van der Waals surface area contributed by atoms with E-state index in [1.807, 2.05) is 0 Å². The molecule has 0 aliphatic heterocycles. The van der Waals surface area contributed by atoms with Gasteiger partial charge in [0.2, 0.25) is 0 Å². The van der Waals surface area contributed by atoms with Crippen molar-refractivity contribution in [3.63, 3.8) is 0 Å². The van der Waals surface area contributed by atoms with E-state index in [0.29, 0.717) is 28.2 Å². The Morgan fingerprint density at radius 2 is 1.73 bits per heavy atom. The van der Waals surface area contributed by atoms with Crippen LogP contribution in [0.1, 0.15) is 0 Å². The maximum absolute atomic E-state index is 14.7. The van der Waals surface area contributed by atoms with E-state index in [0.717, 1.165) is 17.4 Å². The van der Waals surface area contributed by atoms with Gasteiger partial charge in [-0.1, -0.05) is 23.2 Å². The van der Waals surface area contributed by atoms with Crippen LogP contribution in [-0.4, -0.2) is 27.6 Å². The number of nitrogens with zero attached hydrogens (tertiary/aromatic N) is 1. The number of methoxy groups -OCH3 is 2. The fourth-order valence-electron chi connectivity index (χ4n) is 3.01. The average Bonchev–Trinajstić information content (AvgIpc) is 3.13. The average molecular weight is 529 g/mol. The summed E-state index contributed by atoms with van der Waals surface area (Å²) in [7, 11) is -1.11. The van der Waals surface area contributed by atoms with Gasteiger partial charge in [0.1, 0.15) is 20.7 Å². The molecule has 0 saturated heterocycles. The molecular formula is C21H15Cl2FN2O5S2. The van der Waals surface area contributed by atoms with Crippen molar-refractivity contribution in [2.45, 2.75) is 4.90 Å². The molecule has 2 aromatic carbocycles. The lowest BCUT2D eigenvalue weighted by Crippen LogP contribution is -2.13. The molecule has 33 heavy (non-hydrogen) atoms. The quantitative estimate of drug-likeness (QED) is 0.300. The van der Waals surface area contributed by atoms with Crippen molar-refractivity contribution in [3.05, 3.63) is 63.2 Å². The minimum absolute atomic E-state index is 0.0236. The van der Waals surface area contributed by atoms with Gasteiger partial charge in [0, 0.05) is 23.7 Å². The van der Waals surface area contributed by atoms with Crippen LogP contribution in [-0.2, 0) is 10.0 Å². The standard InChI is InChI=1S/C21H15Cl2FN2O5S2/c1-29-17-8-12-15(9-18(17)30-2)25-6-5-16(12)31-11-3-4-14(13(24)7-11)26-33(27,28)19-10-20(22)32-21(19)23/h3-10,26H,1-2H3. The first-order valence-corrected chi connectivity index (χ1v) is 12.2. The molecule has 4 aromatic rings. The first-order chi connectivity index (χ1) is 15.7. The molecule has 0 radical (unpaired) electrons. The van der Waals surface area contributed by atoms with Crippen LogP contribution in [0.2, 0.25) is 8.67 Å². The number of rotatable bonds is 7. The maximum Gasteiger partial charge on any atom is 0.264 e. The molecule has 4 rings (SSSR count). The topological polar surface area (TPSA) is 86.8 Å². The molecule has 0 saturated carbocycles. The van der Waals surface area contributed by atoms with E-state index in [-0.39, 0.29) is 25.0 Å². The Hall–Kier alpha value is -2.79. The molecule has 7 nitrogen and oxygen atoms in total. The van der Waals surface area contributed by atoms with E-state index in [2.05, 4.69) is 9.71 Å². The first-order valence-electron chi connectivity index (χ1n) is 9.17. The first kappa shape index (κ1) is 23.4. The molecule has 0 aliphatic carbocycles. The van der Waals surface area contributed by atoms with Gasteiger partial charge in [-0.3, -0.25) is 9.71 Å². The minimum Gasteiger partial charge on any atom is -0.493 e. The molecule has 0 fully saturated rings. The Morgan fingerprint density at radius 1 is 1.00 bits per heavy atom. The zero-order valence-corrected chi connectivity index (χ0v) is 20.2. The number of thiophene rings is 1. The highest BCUT2D eigenvalue weighted by Gasteiger charge is 2.22. The van der Waals surface area contributed by atoms with Crippen molar-refractivity contribution in [3.8, 4) is 23.0 Å². The molecule has 2 heterocycles. The van der Waals surface area contributed by atoms with E-state index in [4.69, 9.17) is 37.4 Å². The number of aromatic nitrogens is 1. The number of hydrogen-bond donors (Lipinski definition) is 1. The van der Waals surface area contributed by atoms with E-state index in [1.54, 1.807) is 18.2 Å². The molecule has 0 unspecified atom stereocenters. The van der Waals surface area contributed by atoms with Gasteiger partial charge in [-0.05, 0) is 30.3 Å². The van der Waals surface area contributed by atoms with Crippen LogP contribution >= 0.6 is 34.5 Å². The Balaban J connectivity index is 1.63. The zero-order chi connectivity index (χ0) is 23.8. The second kappa shape index (κ2) is 9.22. The van der Waals surface area contributed by atoms with Gasteiger partial charge in [0.15, 0.2) is 17.3 Å². The van der Waals surface area contributed by atoms with Gasteiger partial charge in [0.05, 0.1) is 29.8 Å².